The summed E-state index contributed by atoms with van der Waals surface area (Å²) in [5.74, 6) is -0.497. The van der Waals surface area contributed by atoms with Crippen LogP contribution in [-0.4, -0.2) is 98.9 Å². The average Bonchev–Trinajstić information content (AvgIpc) is 3.32. The lowest BCUT2D eigenvalue weighted by Crippen LogP contribution is -2.64. The first kappa shape index (κ1) is 63.5. The van der Waals surface area contributed by atoms with E-state index in [1.165, 1.54) is 83.5 Å². The molecule has 13 heteroatoms. The number of esters is 1. The van der Waals surface area contributed by atoms with Crippen LogP contribution in [0.3, 0.4) is 0 Å². The maximum atomic E-state index is 12.9. The Hall–Kier alpha value is -2.48. The molecule has 0 bridgehead atoms. The minimum absolute atomic E-state index is 0.111. The van der Waals surface area contributed by atoms with Gasteiger partial charge in [0, 0.05) is 13.0 Å². The van der Waals surface area contributed by atoms with E-state index in [0.717, 1.165) is 83.5 Å². The van der Waals surface area contributed by atoms with E-state index in [1.807, 2.05) is 0 Å². The monoisotopic (exact) mass is 979 g/mol. The minimum Gasteiger partial charge on any atom is -0.457 e. The highest BCUT2D eigenvalue weighted by atomic mass is 31.2. The fourth-order valence-corrected chi connectivity index (χ4v) is 8.56. The van der Waals surface area contributed by atoms with Crippen LogP contribution in [0.15, 0.2) is 85.1 Å². The van der Waals surface area contributed by atoms with E-state index < -0.39 is 63.1 Å². The molecule has 1 rings (SSSR count). The second-order valence-corrected chi connectivity index (χ2v) is 19.4. The van der Waals surface area contributed by atoms with Crippen molar-refractivity contribution < 1.29 is 58.3 Å². The SMILES string of the molecule is CC/C=C\C/C=C\C/C=C\C/C=C\C/C=C\CCCCOCC(COP(=O)(O)OC1C(O)C(O)C(O)C(O)C1O)OC(=O)CCCCCCCCCCCCC/C=C\C/C=C\CCCCCCC. The third-order valence-electron chi connectivity index (χ3n) is 11.8. The summed E-state index contributed by atoms with van der Waals surface area (Å²) in [5, 5.41) is 50.3. The first-order chi connectivity index (χ1) is 33.0. The normalized spacial score (nSPS) is 21.8. The van der Waals surface area contributed by atoms with Crippen molar-refractivity contribution in [2.24, 2.45) is 0 Å². The van der Waals surface area contributed by atoms with Gasteiger partial charge in [0.05, 0.1) is 13.2 Å². The number of hydrogen-bond acceptors (Lipinski definition) is 11. The van der Waals surface area contributed by atoms with Crippen LogP contribution in [-0.2, 0) is 27.9 Å². The Morgan fingerprint density at radius 2 is 0.868 bits per heavy atom. The quantitative estimate of drug-likeness (QED) is 0.0147. The van der Waals surface area contributed by atoms with E-state index in [9.17, 15) is 39.8 Å². The van der Waals surface area contributed by atoms with Gasteiger partial charge in [0.25, 0.3) is 0 Å². The number of phosphoric acid groups is 1. The lowest BCUT2D eigenvalue weighted by atomic mass is 9.85. The van der Waals surface area contributed by atoms with Crippen LogP contribution < -0.4 is 0 Å². The van der Waals surface area contributed by atoms with Crippen LogP contribution in [0, 0.1) is 0 Å². The third kappa shape index (κ3) is 35.6. The van der Waals surface area contributed by atoms with Crippen molar-refractivity contribution in [2.45, 2.75) is 236 Å². The summed E-state index contributed by atoms with van der Waals surface area (Å²) >= 11 is 0. The molecule has 0 heterocycles. The molecule has 1 fully saturated rings. The zero-order valence-corrected chi connectivity index (χ0v) is 43.0. The lowest BCUT2D eigenvalue weighted by molar-refractivity contribution is -0.220. The van der Waals surface area contributed by atoms with Crippen molar-refractivity contribution >= 4 is 13.8 Å². The fourth-order valence-electron chi connectivity index (χ4n) is 7.59. The van der Waals surface area contributed by atoms with E-state index in [2.05, 4.69) is 98.9 Å². The number of hydrogen-bond donors (Lipinski definition) is 6. The molecule has 1 aliphatic rings. The molecule has 0 aromatic carbocycles. The number of aliphatic hydroxyl groups excluding tert-OH is 5. The zero-order chi connectivity index (χ0) is 49.8. The number of aliphatic hydroxyl groups is 5. The van der Waals surface area contributed by atoms with E-state index in [-0.39, 0.29) is 13.0 Å². The molecule has 0 radical (unpaired) electrons. The molecule has 68 heavy (non-hydrogen) atoms. The zero-order valence-electron chi connectivity index (χ0n) is 42.1. The van der Waals surface area contributed by atoms with Crippen molar-refractivity contribution in [2.75, 3.05) is 19.8 Å². The first-order valence-corrected chi connectivity index (χ1v) is 27.9. The van der Waals surface area contributed by atoms with Gasteiger partial charge in [-0.2, -0.15) is 0 Å². The molecule has 1 saturated carbocycles. The van der Waals surface area contributed by atoms with E-state index in [1.54, 1.807) is 0 Å². The summed E-state index contributed by atoms with van der Waals surface area (Å²) < 4.78 is 34.3. The Balaban J connectivity index is 2.36. The second-order valence-electron chi connectivity index (χ2n) is 18.0. The molecular formula is C55H95O12P. The summed E-state index contributed by atoms with van der Waals surface area (Å²) in [6, 6.07) is 0. The molecule has 12 nitrogen and oxygen atoms in total. The Labute approximate surface area is 412 Å². The lowest BCUT2D eigenvalue weighted by Gasteiger charge is -2.41. The Bertz CT molecular complexity index is 1440. The molecule has 0 aromatic rings. The fraction of sp³-hybridized carbons (Fsp3) is 0.727. The summed E-state index contributed by atoms with van der Waals surface area (Å²) in [4.78, 5) is 23.3. The Kier molecular flexibility index (Phi) is 41.5. The molecule has 0 saturated heterocycles. The van der Waals surface area contributed by atoms with Gasteiger partial charge in [0.15, 0.2) is 0 Å². The number of phosphoric ester groups is 1. The van der Waals surface area contributed by atoms with Crippen molar-refractivity contribution in [1.29, 1.82) is 0 Å². The number of carbonyl (C=O) groups excluding carboxylic acids is 1. The van der Waals surface area contributed by atoms with Crippen molar-refractivity contribution in [1.82, 2.24) is 0 Å². The molecule has 0 amide bonds. The van der Waals surface area contributed by atoms with E-state index >= 15 is 0 Å². The molecule has 0 spiro atoms. The predicted octanol–water partition coefficient (Wildman–Crippen LogP) is 12.1. The molecule has 392 valence electrons. The predicted molar refractivity (Wildman–Crippen MR) is 276 cm³/mol. The van der Waals surface area contributed by atoms with E-state index in [0.29, 0.717) is 13.0 Å². The molecule has 6 unspecified atom stereocenters. The van der Waals surface area contributed by atoms with Crippen LogP contribution in [0.1, 0.15) is 194 Å². The van der Waals surface area contributed by atoms with Gasteiger partial charge >= 0.3 is 13.8 Å². The van der Waals surface area contributed by atoms with Gasteiger partial charge < -0.3 is 39.9 Å². The molecule has 6 atom stereocenters. The summed E-state index contributed by atoms with van der Waals surface area (Å²) in [5.41, 5.74) is 0. The molecular weight excluding hydrogens is 884 g/mol. The van der Waals surface area contributed by atoms with Crippen LogP contribution in [0.2, 0.25) is 0 Å². The number of ether oxygens (including phenoxy) is 2. The Morgan fingerprint density at radius 3 is 1.32 bits per heavy atom. The van der Waals surface area contributed by atoms with Crippen molar-refractivity contribution in [3.63, 3.8) is 0 Å². The first-order valence-electron chi connectivity index (χ1n) is 26.4. The highest BCUT2D eigenvalue weighted by Crippen LogP contribution is 2.47. The summed E-state index contributed by atoms with van der Waals surface area (Å²) in [6.07, 6.45) is 48.0. The standard InChI is InChI=1S/C55H95O12P/c1-3-5-7-9-11-13-15-17-19-21-23-24-25-26-27-28-30-32-34-36-38-40-42-44-49(56)66-48(47-65-68(62,63)67-55-53(60)51(58)50(57)52(59)54(55)61)46-64-45-43-41-39-37-35-33-31-29-22-20-18-16-14-12-10-8-6-4-2/h6,8,12,14-15,17-18,20-21,23,29,31,35,37,48,50-55,57-61H,3-5,7,9-11,13,16,19,22,24-28,30,32-34,36,38-47H2,1-2H3,(H,62,63)/b8-6-,14-12-,17-15-,20-18-,23-21-,31-29-,37-35-. The largest absolute Gasteiger partial charge is 0.472 e. The third-order valence-corrected chi connectivity index (χ3v) is 12.7. The van der Waals surface area contributed by atoms with Crippen molar-refractivity contribution in [3.05, 3.63) is 85.1 Å². The van der Waals surface area contributed by atoms with Gasteiger partial charge in [-0.05, 0) is 89.9 Å². The molecule has 1 aliphatic carbocycles. The van der Waals surface area contributed by atoms with Crippen LogP contribution >= 0.6 is 7.82 Å². The van der Waals surface area contributed by atoms with E-state index in [4.69, 9.17) is 18.5 Å². The average molecular weight is 979 g/mol. The maximum absolute atomic E-state index is 12.9. The highest BCUT2D eigenvalue weighted by Gasteiger charge is 2.51. The maximum Gasteiger partial charge on any atom is 0.472 e. The molecule has 6 N–H and O–H groups in total. The number of carbonyl (C=O) groups is 1. The van der Waals surface area contributed by atoms with Crippen LogP contribution in [0.25, 0.3) is 0 Å². The van der Waals surface area contributed by atoms with Gasteiger partial charge in [-0.1, -0.05) is 182 Å². The second kappa shape index (κ2) is 44.5. The summed E-state index contributed by atoms with van der Waals surface area (Å²) in [6.45, 7) is 4.04. The van der Waals surface area contributed by atoms with Gasteiger partial charge in [0.1, 0.15) is 42.7 Å². The molecule has 0 aromatic heterocycles. The number of allylic oxidation sites excluding steroid dienone is 14. The van der Waals surface area contributed by atoms with Gasteiger partial charge in [-0.25, -0.2) is 4.57 Å². The van der Waals surface area contributed by atoms with Gasteiger partial charge in [0.2, 0.25) is 0 Å². The number of unbranched alkanes of at least 4 members (excludes halogenated alkanes) is 18. The number of rotatable bonds is 44. The minimum atomic E-state index is -5.04. The van der Waals surface area contributed by atoms with Gasteiger partial charge in [-0.3, -0.25) is 13.8 Å². The summed E-state index contributed by atoms with van der Waals surface area (Å²) in [7, 11) is -5.04. The topological polar surface area (TPSA) is 192 Å². The molecule has 0 aliphatic heterocycles. The van der Waals surface area contributed by atoms with Crippen molar-refractivity contribution in [3.8, 4) is 0 Å². The smallest absolute Gasteiger partial charge is 0.457 e. The van der Waals surface area contributed by atoms with Crippen LogP contribution in [0.4, 0.5) is 0 Å². The van der Waals surface area contributed by atoms with Gasteiger partial charge in [-0.15, -0.1) is 0 Å². The van der Waals surface area contributed by atoms with Crippen LogP contribution in [0.5, 0.6) is 0 Å². The highest BCUT2D eigenvalue weighted by molar-refractivity contribution is 7.47. The Morgan fingerprint density at radius 1 is 0.485 bits per heavy atom.